The molecule has 74 valence electrons. The number of benzene rings is 1. The third-order valence-electron chi connectivity index (χ3n) is 3.11. The zero-order valence-electron chi connectivity index (χ0n) is 7.79. The average molecular weight is 193 g/mol. The molecule has 0 aliphatic carbocycles. The van der Waals surface area contributed by atoms with Crippen LogP contribution in [-0.4, -0.2) is 19.3 Å². The lowest BCUT2D eigenvalue weighted by atomic mass is 9.92. The molecule has 0 radical (unpaired) electrons. The maximum absolute atomic E-state index is 13.1. The van der Waals surface area contributed by atoms with Gasteiger partial charge in [0.05, 0.1) is 6.61 Å². The predicted molar refractivity (Wildman–Crippen MR) is 52.0 cm³/mol. The van der Waals surface area contributed by atoms with Crippen LogP contribution in [0, 0.1) is 5.82 Å². The molecule has 2 heterocycles. The minimum atomic E-state index is -0.156. The Morgan fingerprint density at radius 2 is 2.36 bits per heavy atom. The summed E-state index contributed by atoms with van der Waals surface area (Å²) < 4.78 is 18.5. The highest BCUT2D eigenvalue weighted by Crippen LogP contribution is 2.39. The SMILES string of the molecule is Fc1ccc2c(c1)C1COCCC1N2. The first-order chi connectivity index (χ1) is 6.84. The lowest BCUT2D eigenvalue weighted by Crippen LogP contribution is -2.30. The summed E-state index contributed by atoms with van der Waals surface area (Å²) in [5.74, 6) is 0.186. The summed E-state index contributed by atoms with van der Waals surface area (Å²) in [6, 6.07) is 5.40. The van der Waals surface area contributed by atoms with Gasteiger partial charge in [0.15, 0.2) is 0 Å². The van der Waals surface area contributed by atoms with E-state index in [9.17, 15) is 4.39 Å². The summed E-state index contributed by atoms with van der Waals surface area (Å²) >= 11 is 0. The van der Waals surface area contributed by atoms with Crippen molar-refractivity contribution in [1.29, 1.82) is 0 Å². The van der Waals surface area contributed by atoms with Gasteiger partial charge in [-0.2, -0.15) is 0 Å². The molecule has 1 N–H and O–H groups in total. The Morgan fingerprint density at radius 3 is 3.29 bits per heavy atom. The van der Waals surface area contributed by atoms with E-state index in [1.54, 1.807) is 6.07 Å². The molecule has 2 aliphatic rings. The maximum Gasteiger partial charge on any atom is 0.123 e. The summed E-state index contributed by atoms with van der Waals surface area (Å²) in [5, 5.41) is 3.42. The minimum absolute atomic E-state index is 0.156. The van der Waals surface area contributed by atoms with Crippen molar-refractivity contribution in [3.63, 3.8) is 0 Å². The first kappa shape index (κ1) is 8.24. The van der Waals surface area contributed by atoms with Crippen molar-refractivity contribution in [3.05, 3.63) is 29.6 Å². The topological polar surface area (TPSA) is 21.3 Å². The molecular formula is C11H12FNO. The van der Waals surface area contributed by atoms with Crippen LogP contribution in [0.15, 0.2) is 18.2 Å². The van der Waals surface area contributed by atoms with Crippen LogP contribution in [0.5, 0.6) is 0 Å². The molecule has 0 saturated carbocycles. The minimum Gasteiger partial charge on any atom is -0.381 e. The molecule has 0 bridgehead atoms. The zero-order valence-corrected chi connectivity index (χ0v) is 7.79. The second-order valence-electron chi connectivity index (χ2n) is 3.95. The first-order valence-corrected chi connectivity index (χ1v) is 4.98. The third-order valence-corrected chi connectivity index (χ3v) is 3.11. The van der Waals surface area contributed by atoms with E-state index < -0.39 is 0 Å². The molecule has 0 spiro atoms. The average Bonchev–Trinajstić information content (AvgIpc) is 2.56. The van der Waals surface area contributed by atoms with Crippen LogP contribution in [0.1, 0.15) is 17.9 Å². The Morgan fingerprint density at radius 1 is 1.43 bits per heavy atom. The van der Waals surface area contributed by atoms with Gasteiger partial charge < -0.3 is 10.1 Å². The van der Waals surface area contributed by atoms with E-state index in [4.69, 9.17) is 4.74 Å². The van der Waals surface area contributed by atoms with Gasteiger partial charge in [-0.05, 0) is 30.2 Å². The summed E-state index contributed by atoms with van der Waals surface area (Å²) in [5.41, 5.74) is 2.15. The molecule has 2 unspecified atom stereocenters. The van der Waals surface area contributed by atoms with E-state index in [1.165, 1.54) is 6.07 Å². The Hall–Kier alpha value is -1.09. The highest BCUT2D eigenvalue weighted by Gasteiger charge is 2.34. The van der Waals surface area contributed by atoms with Crippen molar-refractivity contribution in [2.24, 2.45) is 0 Å². The molecule has 1 fully saturated rings. The van der Waals surface area contributed by atoms with Gasteiger partial charge in [0.2, 0.25) is 0 Å². The Kier molecular flexibility index (Phi) is 1.74. The smallest absolute Gasteiger partial charge is 0.123 e. The van der Waals surface area contributed by atoms with Crippen molar-refractivity contribution in [1.82, 2.24) is 0 Å². The molecule has 1 saturated heterocycles. The zero-order chi connectivity index (χ0) is 9.54. The van der Waals surface area contributed by atoms with Crippen molar-refractivity contribution in [3.8, 4) is 0 Å². The molecular weight excluding hydrogens is 181 g/mol. The highest BCUT2D eigenvalue weighted by molar-refractivity contribution is 5.59. The van der Waals surface area contributed by atoms with Gasteiger partial charge in [-0.1, -0.05) is 0 Å². The fourth-order valence-electron chi connectivity index (χ4n) is 2.39. The summed E-state index contributed by atoms with van der Waals surface area (Å²) in [6.45, 7) is 1.53. The molecule has 3 rings (SSSR count). The normalized spacial score (nSPS) is 29.2. The van der Waals surface area contributed by atoms with Crippen LogP contribution in [-0.2, 0) is 4.74 Å². The molecule has 0 aromatic heterocycles. The Bertz CT molecular complexity index is 366. The lowest BCUT2D eigenvalue weighted by Gasteiger charge is -2.25. The lowest BCUT2D eigenvalue weighted by molar-refractivity contribution is 0.0768. The number of anilines is 1. The van der Waals surface area contributed by atoms with Gasteiger partial charge in [0.1, 0.15) is 5.82 Å². The number of rotatable bonds is 0. The van der Waals surface area contributed by atoms with Gasteiger partial charge in [0, 0.05) is 24.3 Å². The Balaban J connectivity index is 2.02. The standard InChI is InChI=1S/C11H12FNO/c12-7-1-2-10-8(5-7)9-6-14-4-3-11(9)13-10/h1-2,5,9,11,13H,3-4,6H2. The maximum atomic E-state index is 13.1. The van der Waals surface area contributed by atoms with Crippen molar-refractivity contribution < 1.29 is 9.13 Å². The third kappa shape index (κ3) is 1.12. The van der Waals surface area contributed by atoms with E-state index in [2.05, 4.69) is 5.32 Å². The van der Waals surface area contributed by atoms with E-state index in [1.807, 2.05) is 6.07 Å². The van der Waals surface area contributed by atoms with Crippen LogP contribution < -0.4 is 5.32 Å². The van der Waals surface area contributed by atoms with Crippen molar-refractivity contribution in [2.45, 2.75) is 18.4 Å². The van der Waals surface area contributed by atoms with Gasteiger partial charge in [-0.3, -0.25) is 0 Å². The highest BCUT2D eigenvalue weighted by atomic mass is 19.1. The molecule has 1 aromatic rings. The Labute approximate surface area is 82.1 Å². The second kappa shape index (κ2) is 2.95. The molecule has 2 nitrogen and oxygen atoms in total. The van der Waals surface area contributed by atoms with Gasteiger partial charge in [0.25, 0.3) is 0 Å². The van der Waals surface area contributed by atoms with Crippen molar-refractivity contribution >= 4 is 5.69 Å². The summed E-state index contributed by atoms with van der Waals surface area (Å²) in [6.07, 6.45) is 1.01. The van der Waals surface area contributed by atoms with Crippen LogP contribution in [0.25, 0.3) is 0 Å². The molecule has 14 heavy (non-hydrogen) atoms. The van der Waals surface area contributed by atoms with Gasteiger partial charge in [-0.25, -0.2) is 4.39 Å². The number of fused-ring (bicyclic) bond motifs is 3. The predicted octanol–water partition coefficient (Wildman–Crippen LogP) is 2.12. The largest absolute Gasteiger partial charge is 0.381 e. The van der Waals surface area contributed by atoms with Crippen LogP contribution in [0.4, 0.5) is 10.1 Å². The number of halogens is 1. The van der Waals surface area contributed by atoms with Crippen LogP contribution >= 0.6 is 0 Å². The first-order valence-electron chi connectivity index (χ1n) is 4.98. The molecule has 2 atom stereocenters. The fourth-order valence-corrected chi connectivity index (χ4v) is 2.39. The molecule has 0 amide bonds. The number of hydrogen-bond donors (Lipinski definition) is 1. The quantitative estimate of drug-likeness (QED) is 0.681. The fraction of sp³-hybridized carbons (Fsp3) is 0.455. The number of ether oxygens (including phenoxy) is 1. The molecule has 1 aromatic carbocycles. The van der Waals surface area contributed by atoms with E-state index in [-0.39, 0.29) is 5.82 Å². The number of nitrogens with one attached hydrogen (secondary N) is 1. The van der Waals surface area contributed by atoms with Gasteiger partial charge in [-0.15, -0.1) is 0 Å². The number of hydrogen-bond acceptors (Lipinski definition) is 2. The summed E-state index contributed by atoms with van der Waals surface area (Å²) in [7, 11) is 0. The van der Waals surface area contributed by atoms with Crippen molar-refractivity contribution in [2.75, 3.05) is 18.5 Å². The summed E-state index contributed by atoms with van der Waals surface area (Å²) in [4.78, 5) is 0. The second-order valence-corrected chi connectivity index (χ2v) is 3.95. The monoisotopic (exact) mass is 193 g/mol. The van der Waals surface area contributed by atoms with Crippen LogP contribution in [0.3, 0.4) is 0 Å². The van der Waals surface area contributed by atoms with E-state index in [0.29, 0.717) is 18.6 Å². The molecule has 3 heteroatoms. The molecule has 2 aliphatic heterocycles. The van der Waals surface area contributed by atoms with E-state index in [0.717, 1.165) is 24.3 Å². The van der Waals surface area contributed by atoms with E-state index >= 15 is 0 Å². The van der Waals surface area contributed by atoms with Crippen LogP contribution in [0.2, 0.25) is 0 Å². The van der Waals surface area contributed by atoms with Gasteiger partial charge >= 0.3 is 0 Å².